The molecule has 0 unspecified atom stereocenters. The Balaban J connectivity index is 1.42. The molecule has 5 rings (SSSR count). The second kappa shape index (κ2) is 13.6. The zero-order valence-corrected chi connectivity index (χ0v) is 24.7. The molecule has 0 saturated carbocycles. The van der Waals surface area contributed by atoms with Crippen molar-refractivity contribution in [2.24, 2.45) is 0 Å². The van der Waals surface area contributed by atoms with Crippen molar-refractivity contribution in [3.05, 3.63) is 65.9 Å². The van der Waals surface area contributed by atoms with Crippen molar-refractivity contribution in [2.45, 2.75) is 44.6 Å². The van der Waals surface area contributed by atoms with Crippen molar-refractivity contribution in [3.63, 3.8) is 0 Å². The molecule has 2 aromatic heterocycles. The molecule has 0 spiro atoms. The van der Waals surface area contributed by atoms with Gasteiger partial charge in [0.2, 0.25) is 11.9 Å². The number of anilines is 5. The maximum Gasteiger partial charge on any atom is 0.253 e. The lowest BCUT2D eigenvalue weighted by Crippen LogP contribution is -2.44. The number of carbonyl (C=O) groups excluding carboxylic acids is 1. The van der Waals surface area contributed by atoms with Crippen LogP contribution in [0.2, 0.25) is 0 Å². The van der Waals surface area contributed by atoms with Gasteiger partial charge in [0.1, 0.15) is 0 Å². The molecular formula is C31H41N9O2. The third-order valence-corrected chi connectivity index (χ3v) is 7.87. The zero-order valence-electron chi connectivity index (χ0n) is 24.7. The Morgan fingerprint density at radius 1 is 1.00 bits per heavy atom. The van der Waals surface area contributed by atoms with Gasteiger partial charge in [-0.3, -0.25) is 4.79 Å². The highest BCUT2D eigenvalue weighted by Crippen LogP contribution is 2.25. The smallest absolute Gasteiger partial charge is 0.253 e. The molecular weight excluding hydrogens is 530 g/mol. The first-order valence-electron chi connectivity index (χ1n) is 14.7. The van der Waals surface area contributed by atoms with E-state index in [9.17, 15) is 4.79 Å². The molecule has 222 valence electrons. The highest BCUT2D eigenvalue weighted by molar-refractivity contribution is 5.95. The van der Waals surface area contributed by atoms with Gasteiger partial charge >= 0.3 is 0 Å². The lowest BCUT2D eigenvalue weighted by atomic mass is 10.0. The summed E-state index contributed by atoms with van der Waals surface area (Å²) in [6, 6.07) is 15.7. The fourth-order valence-corrected chi connectivity index (χ4v) is 5.33. The van der Waals surface area contributed by atoms with Gasteiger partial charge in [-0.15, -0.1) is 0 Å². The number of aryl methyl sites for hydroxylation is 1. The molecule has 1 aliphatic heterocycles. The second-order valence-corrected chi connectivity index (χ2v) is 10.9. The Morgan fingerprint density at radius 2 is 1.74 bits per heavy atom. The molecule has 42 heavy (non-hydrogen) atoms. The van der Waals surface area contributed by atoms with Gasteiger partial charge in [0.15, 0.2) is 5.65 Å². The molecule has 11 nitrogen and oxygen atoms in total. The zero-order chi connectivity index (χ0) is 29.5. The van der Waals surface area contributed by atoms with Crippen LogP contribution in [0.25, 0.3) is 5.65 Å². The summed E-state index contributed by atoms with van der Waals surface area (Å²) in [4.78, 5) is 27.2. The fraction of sp³-hybridized carbons (Fsp3) is 0.419. The number of aliphatic hydroxyl groups excluding tert-OH is 1. The van der Waals surface area contributed by atoms with Crippen LogP contribution in [0.1, 0.15) is 48.0 Å². The topological polar surface area (TPSA) is 123 Å². The van der Waals surface area contributed by atoms with E-state index in [2.05, 4.69) is 33.0 Å². The van der Waals surface area contributed by atoms with Crippen LogP contribution in [0.4, 0.5) is 29.0 Å². The first kappa shape index (κ1) is 29.3. The molecule has 0 atom stereocenters. The maximum atomic E-state index is 13.4. The van der Waals surface area contributed by atoms with Crippen LogP contribution >= 0.6 is 0 Å². The van der Waals surface area contributed by atoms with Gasteiger partial charge in [0, 0.05) is 54.9 Å². The Morgan fingerprint density at radius 3 is 2.50 bits per heavy atom. The van der Waals surface area contributed by atoms with E-state index in [0.717, 1.165) is 74.2 Å². The first-order valence-corrected chi connectivity index (χ1v) is 14.7. The van der Waals surface area contributed by atoms with Gasteiger partial charge in [-0.25, -0.2) is 0 Å². The normalized spacial score (nSPS) is 14.2. The van der Waals surface area contributed by atoms with Gasteiger partial charge in [-0.05, 0) is 88.6 Å². The van der Waals surface area contributed by atoms with Crippen LogP contribution in [0, 0.1) is 0 Å². The molecule has 4 aromatic rings. The molecule has 0 radical (unpaired) electrons. The van der Waals surface area contributed by atoms with E-state index in [4.69, 9.17) is 15.1 Å². The lowest BCUT2D eigenvalue weighted by molar-refractivity contribution is 0.0659. The van der Waals surface area contributed by atoms with Crippen LogP contribution in [0.15, 0.2) is 54.7 Å². The summed E-state index contributed by atoms with van der Waals surface area (Å²) >= 11 is 0. The van der Waals surface area contributed by atoms with Gasteiger partial charge in [0.05, 0.1) is 6.20 Å². The number of benzene rings is 2. The SMILES string of the molecule is CNc1cccc(Nc2nc(Nc3cccc(C(=O)N(C)C4CCN(C)CC4)c3)n3ncc(CCCCCO)c3n2)c1. The quantitative estimate of drug-likeness (QED) is 0.182. The van der Waals surface area contributed by atoms with E-state index in [1.807, 2.05) is 73.7 Å². The molecule has 2 aromatic carbocycles. The van der Waals surface area contributed by atoms with E-state index in [-0.39, 0.29) is 18.6 Å². The Bertz CT molecular complexity index is 1500. The minimum absolute atomic E-state index is 0.0112. The van der Waals surface area contributed by atoms with Gasteiger partial charge in [-0.1, -0.05) is 18.6 Å². The lowest BCUT2D eigenvalue weighted by Gasteiger charge is -2.35. The van der Waals surface area contributed by atoms with E-state index in [1.54, 1.807) is 4.52 Å². The van der Waals surface area contributed by atoms with Crippen LogP contribution in [0.5, 0.6) is 0 Å². The Labute approximate surface area is 247 Å². The summed E-state index contributed by atoms with van der Waals surface area (Å²) in [5.74, 6) is 0.934. The minimum atomic E-state index is 0.0112. The standard InChI is InChI=1S/C31H41N9O2/c1-32-24-11-8-13-26(20-24)34-30-36-28-23(9-5-4-6-18-41)21-33-40(28)31(37-30)35-25-12-7-10-22(19-25)29(42)39(3)27-14-16-38(2)17-15-27/h7-8,10-13,19-21,27,32,41H,4-6,9,14-18H2,1-3H3,(H2,34,35,36,37). The second-order valence-electron chi connectivity index (χ2n) is 10.9. The maximum absolute atomic E-state index is 13.4. The molecule has 0 aliphatic carbocycles. The number of rotatable bonds is 12. The number of unbranched alkanes of at least 4 members (excludes halogenated alkanes) is 2. The highest BCUT2D eigenvalue weighted by atomic mass is 16.3. The van der Waals surface area contributed by atoms with Crippen molar-refractivity contribution in [1.29, 1.82) is 0 Å². The van der Waals surface area contributed by atoms with Crippen molar-refractivity contribution in [2.75, 3.05) is 56.8 Å². The van der Waals surface area contributed by atoms with Crippen molar-refractivity contribution < 1.29 is 9.90 Å². The van der Waals surface area contributed by atoms with Gasteiger partial charge < -0.3 is 30.9 Å². The number of aliphatic hydroxyl groups is 1. The number of piperidine rings is 1. The average Bonchev–Trinajstić information content (AvgIpc) is 3.42. The van der Waals surface area contributed by atoms with E-state index in [0.29, 0.717) is 23.1 Å². The molecule has 1 saturated heterocycles. The van der Waals surface area contributed by atoms with Crippen molar-refractivity contribution >= 4 is 40.5 Å². The Kier molecular flexibility index (Phi) is 9.50. The summed E-state index contributed by atoms with van der Waals surface area (Å²) < 4.78 is 1.70. The molecule has 4 N–H and O–H groups in total. The first-order chi connectivity index (χ1) is 20.4. The predicted molar refractivity (Wildman–Crippen MR) is 167 cm³/mol. The number of hydrogen-bond acceptors (Lipinski definition) is 9. The number of nitrogens with zero attached hydrogens (tertiary/aromatic N) is 6. The number of amides is 1. The summed E-state index contributed by atoms with van der Waals surface area (Å²) in [6.07, 6.45) is 7.21. The third kappa shape index (κ3) is 6.97. The largest absolute Gasteiger partial charge is 0.396 e. The molecule has 0 bridgehead atoms. The highest BCUT2D eigenvalue weighted by Gasteiger charge is 2.25. The van der Waals surface area contributed by atoms with Gasteiger partial charge in [-0.2, -0.15) is 19.6 Å². The summed E-state index contributed by atoms with van der Waals surface area (Å²) in [6.45, 7) is 2.19. The fourth-order valence-electron chi connectivity index (χ4n) is 5.33. The molecule has 1 fully saturated rings. The number of likely N-dealkylation sites (tertiary alicyclic amines) is 1. The molecule has 1 amide bonds. The Hall–Kier alpha value is -4.22. The average molecular weight is 572 g/mol. The molecule has 1 aliphatic rings. The van der Waals surface area contributed by atoms with E-state index >= 15 is 0 Å². The number of fused-ring (bicyclic) bond motifs is 1. The summed E-state index contributed by atoms with van der Waals surface area (Å²) in [5, 5.41) is 23.6. The van der Waals surface area contributed by atoms with E-state index < -0.39 is 0 Å². The van der Waals surface area contributed by atoms with Crippen LogP contribution in [-0.4, -0.2) is 87.3 Å². The molecule has 3 heterocycles. The van der Waals surface area contributed by atoms with E-state index in [1.165, 1.54) is 0 Å². The minimum Gasteiger partial charge on any atom is -0.396 e. The number of hydrogen-bond donors (Lipinski definition) is 4. The third-order valence-electron chi connectivity index (χ3n) is 7.87. The monoisotopic (exact) mass is 571 g/mol. The molecule has 11 heteroatoms. The number of carbonyl (C=O) groups is 1. The number of aromatic nitrogens is 4. The summed E-state index contributed by atoms with van der Waals surface area (Å²) in [5.41, 5.74) is 4.90. The van der Waals surface area contributed by atoms with Crippen LogP contribution in [0.3, 0.4) is 0 Å². The predicted octanol–water partition coefficient (Wildman–Crippen LogP) is 4.52. The van der Waals surface area contributed by atoms with Crippen LogP contribution < -0.4 is 16.0 Å². The number of nitrogens with one attached hydrogen (secondary N) is 3. The van der Waals surface area contributed by atoms with Gasteiger partial charge in [0.25, 0.3) is 5.91 Å². The summed E-state index contributed by atoms with van der Waals surface area (Å²) in [7, 11) is 5.90. The van der Waals surface area contributed by atoms with Crippen molar-refractivity contribution in [3.8, 4) is 0 Å². The van der Waals surface area contributed by atoms with Crippen molar-refractivity contribution in [1.82, 2.24) is 29.4 Å². The van der Waals surface area contributed by atoms with Crippen LogP contribution in [-0.2, 0) is 6.42 Å².